The van der Waals surface area contributed by atoms with Crippen molar-refractivity contribution in [2.45, 2.75) is 74.8 Å². The maximum absolute atomic E-state index is 11.5. The van der Waals surface area contributed by atoms with Gasteiger partial charge in [-0.25, -0.2) is 0 Å². The van der Waals surface area contributed by atoms with Crippen molar-refractivity contribution in [2.24, 2.45) is 17.2 Å². The smallest absolute Gasteiger partial charge is 0.548 e. The van der Waals surface area contributed by atoms with Gasteiger partial charge in [0.15, 0.2) is 0 Å². The molecule has 6 atom stereocenters. The second-order valence-corrected chi connectivity index (χ2v) is 12.7. The Morgan fingerprint density at radius 1 is 0.403 bits per heavy atom. The van der Waals surface area contributed by atoms with Gasteiger partial charge in [-0.05, 0) is 19.3 Å². The number of hydrogen-bond acceptors (Lipinski definition) is 24. The number of nitrogens with two attached hydrogens (primary N) is 3. The Labute approximate surface area is 391 Å². The van der Waals surface area contributed by atoms with Gasteiger partial charge in [-0.15, -0.1) is 0 Å². The first-order valence-electron chi connectivity index (χ1n) is 16.9. The summed E-state index contributed by atoms with van der Waals surface area (Å²) in [6.45, 7) is -2.06. The van der Waals surface area contributed by atoms with Gasteiger partial charge >= 0.3 is 34.7 Å². The minimum absolute atomic E-state index is 0. The van der Waals surface area contributed by atoms with Crippen LogP contribution in [0.25, 0.3) is 0 Å². The maximum atomic E-state index is 11.5. The Morgan fingerprint density at radius 2 is 0.597 bits per heavy atom. The first-order chi connectivity index (χ1) is 27.8. The van der Waals surface area contributed by atoms with E-state index in [4.69, 9.17) is 17.2 Å². The van der Waals surface area contributed by atoms with E-state index in [1.165, 1.54) is 0 Å². The van der Waals surface area contributed by atoms with Crippen LogP contribution in [0.3, 0.4) is 0 Å². The van der Waals surface area contributed by atoms with Crippen molar-refractivity contribution < 1.29 is 123 Å². The third-order valence-electron chi connectivity index (χ3n) is 6.68. The molecule has 0 bridgehead atoms. The number of carbonyl (C=O) groups is 12. The summed E-state index contributed by atoms with van der Waals surface area (Å²) in [5.74, 6) is -13.0. The molecule has 62 heavy (non-hydrogen) atoms. The molecule has 6 amide bonds. The summed E-state index contributed by atoms with van der Waals surface area (Å²) in [5, 5.41) is 74.4. The molecule has 12 N–H and O–H groups in total. The molecule has 0 heterocycles. The van der Waals surface area contributed by atoms with E-state index in [1.54, 1.807) is 0 Å². The number of carboxylic acid groups (broad SMARTS) is 6. The van der Waals surface area contributed by atoms with Gasteiger partial charge in [-0.1, -0.05) is 0 Å². The molecule has 0 aliphatic carbocycles. The molecule has 0 saturated carbocycles. The predicted molar refractivity (Wildman–Crippen MR) is 198 cm³/mol. The molecule has 0 saturated heterocycles. The van der Waals surface area contributed by atoms with Gasteiger partial charge in [0.25, 0.3) is 0 Å². The van der Waals surface area contributed by atoms with Crippen LogP contribution in [-0.4, -0.2) is 144 Å². The van der Waals surface area contributed by atoms with Crippen molar-refractivity contribution in [1.82, 2.24) is 31.9 Å². The van der Waals surface area contributed by atoms with E-state index in [2.05, 4.69) is 53.8 Å². The SMILES string of the molecule is NC(CCC(=O)NC(CS)C(=O)NCC(=O)[O-])C(=O)[O-].NC(CCC(=O)NC(CS)C(=O)NCC(=O)[O-])C(=O)[O-].NC(CCC(=O)NC(CS)C(=O)NCC(=O)[O-])C(=O)[O-].[Cr+3].[Cr+3]. The summed E-state index contributed by atoms with van der Waals surface area (Å²) in [7, 11) is 0. The van der Waals surface area contributed by atoms with Crippen molar-refractivity contribution >= 4 is 109 Å². The fraction of sp³-hybridized carbons (Fsp3) is 0.600. The molecule has 0 spiro atoms. The van der Waals surface area contributed by atoms with Gasteiger partial charge < -0.3 is 109 Å². The summed E-state index contributed by atoms with van der Waals surface area (Å²) < 4.78 is 0. The van der Waals surface area contributed by atoms with E-state index < -0.39 is 127 Å². The largest absolute Gasteiger partial charge is 3.00 e. The summed E-state index contributed by atoms with van der Waals surface area (Å²) in [5.41, 5.74) is 15.5. The van der Waals surface area contributed by atoms with Gasteiger partial charge in [0.05, 0.1) is 55.5 Å². The standard InChI is InChI=1S/3C10H17N3O6S.2Cr/c3*11-5(10(18)19)1-2-7(14)13-6(4-20)9(17)12-3-8(15)16;;/h3*5-6,20H,1-4,11H2,(H,12,17)(H,13,14)(H,15,16)(H,18,19);;/q;;;2*+3/p-6. The fourth-order valence-electron chi connectivity index (χ4n) is 3.44. The number of nitrogens with one attached hydrogen (secondary N) is 6. The molecule has 0 fully saturated rings. The molecule has 0 aromatic heterocycles. The van der Waals surface area contributed by atoms with Crippen LogP contribution in [0.1, 0.15) is 38.5 Å². The van der Waals surface area contributed by atoms with E-state index in [0.717, 1.165) is 0 Å². The summed E-state index contributed by atoms with van der Waals surface area (Å²) in [6.07, 6.45) is -1.08. The molecular weight excluding hydrogens is 975 g/mol. The Morgan fingerprint density at radius 3 is 0.742 bits per heavy atom. The summed E-state index contributed by atoms with van der Waals surface area (Å²) >= 11 is 11.5. The van der Waals surface area contributed by atoms with Crippen LogP contribution in [0.15, 0.2) is 0 Å². The van der Waals surface area contributed by atoms with Crippen molar-refractivity contribution in [1.29, 1.82) is 0 Å². The van der Waals surface area contributed by atoms with Gasteiger partial charge in [-0.3, -0.25) is 28.8 Å². The molecule has 0 aromatic carbocycles. The van der Waals surface area contributed by atoms with Crippen LogP contribution in [0.2, 0.25) is 0 Å². The molecular formula is C30H45Cr2N9O18S3. The molecule has 0 rings (SSSR count). The average molecular weight is 1020 g/mol. The third kappa shape index (κ3) is 36.3. The van der Waals surface area contributed by atoms with Crippen molar-refractivity contribution in [3.8, 4) is 0 Å². The third-order valence-corrected chi connectivity index (χ3v) is 7.77. The summed E-state index contributed by atoms with van der Waals surface area (Å²) in [4.78, 5) is 130. The average Bonchev–Trinajstić information content (AvgIpc) is 3.18. The van der Waals surface area contributed by atoms with E-state index in [0.29, 0.717) is 0 Å². The van der Waals surface area contributed by atoms with Crippen LogP contribution in [0.5, 0.6) is 0 Å². The van der Waals surface area contributed by atoms with Gasteiger partial charge in [-0.2, -0.15) is 37.9 Å². The zero-order valence-corrected chi connectivity index (χ0v) is 37.4. The second kappa shape index (κ2) is 38.3. The second-order valence-electron chi connectivity index (χ2n) is 11.6. The van der Waals surface area contributed by atoms with Crippen LogP contribution in [0.4, 0.5) is 0 Å². The summed E-state index contributed by atoms with van der Waals surface area (Å²) in [6, 6.07) is -6.94. The van der Waals surface area contributed by atoms with E-state index in [-0.39, 0.29) is 90.5 Å². The zero-order chi connectivity index (χ0) is 47.1. The predicted octanol–water partition coefficient (Wildman–Crippen LogP) is -14.6. The monoisotopic (exact) mass is 1020 g/mol. The number of carboxylic acids is 6. The number of thiol groups is 3. The molecule has 0 aliphatic rings. The molecule has 32 heteroatoms. The first-order valence-corrected chi connectivity index (χ1v) is 18.7. The van der Waals surface area contributed by atoms with Crippen LogP contribution in [-0.2, 0) is 92.3 Å². The zero-order valence-electron chi connectivity index (χ0n) is 32.2. The Hall–Kier alpha value is -4.37. The van der Waals surface area contributed by atoms with Crippen molar-refractivity contribution in [3.05, 3.63) is 0 Å². The molecule has 6 unspecified atom stereocenters. The van der Waals surface area contributed by atoms with Crippen LogP contribution >= 0.6 is 37.9 Å². The quantitative estimate of drug-likeness (QED) is 0.0340. The van der Waals surface area contributed by atoms with Crippen molar-refractivity contribution in [3.63, 3.8) is 0 Å². The van der Waals surface area contributed by atoms with Crippen molar-refractivity contribution in [2.75, 3.05) is 36.9 Å². The Bertz CT molecular complexity index is 1350. The Balaban J connectivity index is -0.000000258. The number of carbonyl (C=O) groups excluding carboxylic acids is 12. The number of aliphatic carboxylic acids is 6. The first kappa shape index (κ1) is 66.7. The maximum Gasteiger partial charge on any atom is 3.00 e. The van der Waals surface area contributed by atoms with E-state index in [9.17, 15) is 88.2 Å². The van der Waals surface area contributed by atoms with E-state index >= 15 is 0 Å². The molecule has 2 radical (unpaired) electrons. The fourth-order valence-corrected chi connectivity index (χ4v) is 4.21. The van der Waals surface area contributed by atoms with E-state index in [1.807, 2.05) is 16.0 Å². The molecule has 348 valence electrons. The number of rotatable bonds is 27. The van der Waals surface area contributed by atoms with Crippen LogP contribution in [0, 0.1) is 0 Å². The van der Waals surface area contributed by atoms with Gasteiger partial charge in [0, 0.05) is 54.6 Å². The normalized spacial score (nSPS) is 12.7. The molecule has 0 aliphatic heterocycles. The van der Waals surface area contributed by atoms with Crippen LogP contribution < -0.4 is 79.7 Å². The topological polar surface area (TPSA) is 493 Å². The molecule has 0 aromatic rings. The Kier molecular flexibility index (Phi) is 41.2. The minimum Gasteiger partial charge on any atom is -0.548 e. The van der Waals surface area contributed by atoms with Gasteiger partial charge in [0.1, 0.15) is 18.1 Å². The minimum atomic E-state index is -1.48. The van der Waals surface area contributed by atoms with Gasteiger partial charge in [0.2, 0.25) is 35.4 Å². The molecule has 27 nitrogen and oxygen atoms in total. The number of hydrogen-bond donors (Lipinski definition) is 12. The number of amides is 6.